The summed E-state index contributed by atoms with van der Waals surface area (Å²) in [6.07, 6.45) is 0.629. The predicted octanol–water partition coefficient (Wildman–Crippen LogP) is 15.1. The van der Waals surface area contributed by atoms with E-state index < -0.39 is 45.5 Å². The van der Waals surface area contributed by atoms with E-state index in [1.165, 1.54) is 24.3 Å². The van der Waals surface area contributed by atoms with Gasteiger partial charge in [0.15, 0.2) is 23.0 Å². The van der Waals surface area contributed by atoms with E-state index in [1.54, 1.807) is 92.8 Å². The zero-order valence-electron chi connectivity index (χ0n) is 69.0. The van der Waals surface area contributed by atoms with Crippen molar-refractivity contribution in [1.82, 2.24) is 39.2 Å². The zero-order valence-corrected chi connectivity index (χ0v) is 69.0. The molecule has 16 rings (SSSR count). The number of aliphatic imine (C=N–C) groups is 4. The van der Waals surface area contributed by atoms with E-state index in [4.69, 9.17) is 43.7 Å². The number of halogens is 2. The van der Waals surface area contributed by atoms with Crippen LogP contribution in [0.5, 0.6) is 57.5 Å². The number of fused-ring (bicyclic) bond motifs is 8. The van der Waals surface area contributed by atoms with Crippen LogP contribution in [-0.4, -0.2) is 250 Å². The highest BCUT2D eigenvalue weighted by Crippen LogP contribution is 2.45. The second-order valence-electron chi connectivity index (χ2n) is 33.5. The molecule has 0 bridgehead atoms. The molecule has 8 heterocycles. The molecule has 26 nitrogen and oxygen atoms in total. The van der Waals surface area contributed by atoms with Gasteiger partial charge < -0.3 is 68.8 Å². The molecule has 8 aliphatic rings. The summed E-state index contributed by atoms with van der Waals surface area (Å²) in [4.78, 5) is 82.7. The summed E-state index contributed by atoms with van der Waals surface area (Å²) in [5.74, 6) is 5.49. The van der Waals surface area contributed by atoms with Crippen molar-refractivity contribution in [3.63, 3.8) is 0 Å². The molecule has 28 heteroatoms. The van der Waals surface area contributed by atoms with E-state index in [1.807, 2.05) is 116 Å². The summed E-state index contributed by atoms with van der Waals surface area (Å²) in [6, 6.07) is 48.6. The molecule has 8 aromatic carbocycles. The van der Waals surface area contributed by atoms with Crippen molar-refractivity contribution in [3.05, 3.63) is 203 Å². The van der Waals surface area contributed by atoms with Gasteiger partial charge in [0, 0.05) is 136 Å². The van der Waals surface area contributed by atoms with Gasteiger partial charge in [-0.3, -0.25) is 38.8 Å². The third kappa shape index (κ3) is 20.4. The molecule has 8 aromatic rings. The number of aromatic hydroxyl groups is 1. The van der Waals surface area contributed by atoms with Gasteiger partial charge in [-0.2, -0.15) is 0 Å². The number of piperazine rings is 4. The lowest BCUT2D eigenvalue weighted by molar-refractivity contribution is -0.149. The Balaban J connectivity index is 0.000000137. The maximum Gasteiger partial charge on any atom is 0.310 e. The Morgan fingerprint density at radius 3 is 1.09 bits per heavy atom. The minimum absolute atomic E-state index is 0.160. The predicted molar refractivity (Wildman–Crippen MR) is 452 cm³/mol. The summed E-state index contributed by atoms with van der Waals surface area (Å²) in [7, 11) is 1.65. The first-order valence-corrected chi connectivity index (χ1v) is 40.2. The van der Waals surface area contributed by atoms with E-state index >= 15 is 0 Å². The van der Waals surface area contributed by atoms with Crippen LogP contribution >= 0.6 is 0 Å². The Kier molecular flexibility index (Phi) is 25.7. The van der Waals surface area contributed by atoms with Crippen LogP contribution in [0.1, 0.15) is 89.6 Å². The van der Waals surface area contributed by atoms with Crippen LogP contribution in [-0.2, 0) is 19.2 Å². The number of methoxy groups -OCH3 is 1. The minimum Gasteiger partial charge on any atom is -0.508 e. The molecule has 0 spiro atoms. The van der Waals surface area contributed by atoms with Crippen molar-refractivity contribution in [2.24, 2.45) is 41.6 Å². The molecular formula is C91H104F2N12O14. The molecule has 0 unspecified atom stereocenters. The van der Waals surface area contributed by atoms with Crippen LogP contribution in [0, 0.1) is 40.2 Å². The Labute approximate surface area is 692 Å². The molecule has 0 radical (unpaired) electrons. The molecule has 626 valence electrons. The fourth-order valence-electron chi connectivity index (χ4n) is 15.0. The number of benzene rings is 8. The lowest BCUT2D eigenvalue weighted by Gasteiger charge is -2.39. The number of nitrogens with zero attached hydrogens (tertiary/aromatic N) is 12. The van der Waals surface area contributed by atoms with Crippen LogP contribution in [0.25, 0.3) is 0 Å². The van der Waals surface area contributed by atoms with Gasteiger partial charge in [-0.15, -0.1) is 0 Å². The van der Waals surface area contributed by atoms with Gasteiger partial charge >= 0.3 is 23.9 Å². The molecule has 0 saturated carbocycles. The third-order valence-electron chi connectivity index (χ3n) is 22.4. The van der Waals surface area contributed by atoms with Crippen LogP contribution in [0.2, 0.25) is 0 Å². The van der Waals surface area contributed by atoms with Crippen LogP contribution in [0.15, 0.2) is 184 Å². The third-order valence-corrected chi connectivity index (χ3v) is 22.4. The maximum atomic E-state index is 13.9. The monoisotopic (exact) mass is 1630 g/mol. The number of aryl methyl sites for hydroxylation is 1. The van der Waals surface area contributed by atoms with E-state index in [0.29, 0.717) is 111 Å². The summed E-state index contributed by atoms with van der Waals surface area (Å²) >= 11 is 0. The number of hydrogen-bond donors (Lipinski definition) is 5. The number of para-hydroxylation sites is 5. The molecule has 4 saturated heterocycles. The number of phenolic OH excluding ortho intramolecular Hbond substituents is 1. The number of ether oxygens (including phenoxy) is 5. The van der Waals surface area contributed by atoms with Gasteiger partial charge in [0.25, 0.3) is 0 Å². The molecule has 5 N–H and O–H groups in total. The van der Waals surface area contributed by atoms with E-state index in [-0.39, 0.29) is 17.4 Å². The molecule has 119 heavy (non-hydrogen) atoms. The highest BCUT2D eigenvalue weighted by Gasteiger charge is 2.38. The van der Waals surface area contributed by atoms with Crippen molar-refractivity contribution in [3.8, 4) is 57.5 Å². The minimum atomic E-state index is -0.796. The number of hydrogen-bond acceptors (Lipinski definition) is 22. The summed E-state index contributed by atoms with van der Waals surface area (Å²) in [6.45, 7) is 30.3. The van der Waals surface area contributed by atoms with Gasteiger partial charge in [0.1, 0.15) is 92.2 Å². The van der Waals surface area contributed by atoms with Crippen molar-refractivity contribution in [2.45, 2.75) is 68.7 Å². The average Bonchev–Trinajstić information content (AvgIpc) is 1.68. The summed E-state index contributed by atoms with van der Waals surface area (Å²) in [5.41, 5.74) is 3.89. The molecule has 0 atom stereocenters. The lowest BCUT2D eigenvalue weighted by Crippen LogP contribution is -2.52. The smallest absolute Gasteiger partial charge is 0.310 e. The van der Waals surface area contributed by atoms with Crippen LogP contribution in [0.4, 0.5) is 31.5 Å². The molecule has 0 aromatic heterocycles. The Morgan fingerprint density at radius 2 is 0.681 bits per heavy atom. The lowest BCUT2D eigenvalue weighted by atomic mass is 9.89. The first kappa shape index (κ1) is 84.9. The zero-order chi connectivity index (χ0) is 84.7. The van der Waals surface area contributed by atoms with Gasteiger partial charge in [0.05, 0.1) is 51.0 Å². The van der Waals surface area contributed by atoms with Gasteiger partial charge in [0.2, 0.25) is 0 Å². The van der Waals surface area contributed by atoms with Crippen molar-refractivity contribution in [1.29, 1.82) is 0 Å². The largest absolute Gasteiger partial charge is 0.508 e. The van der Waals surface area contributed by atoms with Gasteiger partial charge in [-0.05, 0) is 184 Å². The topological polar surface area (TPSA) is 291 Å². The standard InChI is InChI=1S/C24H29N3O4.C23H26FN3O3.C22H24FN3O3.C22H25N3O4/c1-24(2,23(28)29)10-11-26-12-14-27(15-13-26)22-18-16-17(30-3)8-9-20(18)31-21-7-5-4-6-19(21)25-22;1-15-4-6-19-17(12-15)21(25-18-13-16(24)5-7-20(18)30-19)27-10-8-26(9-11-27)14-23(2,3)22(28)29;1-22(2,21(27)28)14-25-9-11-26(12-10-25)20-16-5-3-4-6-18(16)29-19-8-7-15(23)13-17(19)24-20;1-22(2,21(27)28)14-24-9-11-25(12-10-24)20-16-13-15(26)7-8-18(16)29-19-6-4-3-5-17(19)23-20/h4-9,16H,10-15H2,1-3H3,(H,28,29);4-7,12-13H,8-11,14H2,1-3H3,(H,28,29);3-8,13H,9-12,14H2,1-2H3,(H,27,28);3-8,13,26H,9-12,14H2,1-2H3,(H,27,28). The fraction of sp³-hybridized carbons (Fsp3) is 0.385. The maximum absolute atomic E-state index is 13.9. The fourth-order valence-corrected chi connectivity index (χ4v) is 15.0. The van der Waals surface area contributed by atoms with E-state index in [0.717, 1.165) is 152 Å². The normalized spacial score (nSPS) is 16.8. The average molecular weight is 1630 g/mol. The Bertz CT molecular complexity index is 5210. The quantitative estimate of drug-likeness (QED) is 0.0676. The van der Waals surface area contributed by atoms with Crippen molar-refractivity contribution < 1.29 is 77.2 Å². The van der Waals surface area contributed by atoms with E-state index in [9.17, 15) is 53.5 Å². The van der Waals surface area contributed by atoms with Crippen molar-refractivity contribution in [2.75, 3.05) is 138 Å². The number of carboxylic acid groups (broad SMARTS) is 4. The van der Waals surface area contributed by atoms with Crippen LogP contribution in [0.3, 0.4) is 0 Å². The van der Waals surface area contributed by atoms with Gasteiger partial charge in [-0.25, -0.2) is 28.8 Å². The second kappa shape index (κ2) is 36.1. The van der Waals surface area contributed by atoms with Crippen LogP contribution < -0.4 is 23.7 Å². The highest BCUT2D eigenvalue weighted by molar-refractivity contribution is 6.07. The first-order valence-electron chi connectivity index (χ1n) is 40.2. The number of carboxylic acids is 4. The summed E-state index contributed by atoms with van der Waals surface area (Å²) in [5, 5.41) is 47.6. The molecule has 8 aliphatic heterocycles. The molecule has 4 fully saturated rings. The Morgan fingerprint density at radius 1 is 0.361 bits per heavy atom. The SMILES string of the molecule is CC(C)(CN1CCN(C2=Nc3cc(F)ccc3Oc3ccccc32)CC1)C(=O)O.CC(C)(CN1CCN(C2=Nc3ccccc3Oc3ccc(O)cc32)CC1)C(=O)O.COc1ccc2c(c1)C(N1CCN(CCC(C)(C)C(=O)O)CC1)=Nc1ccccc1O2.Cc1ccc2c(c1)C(N1CCN(CC(C)(C)C(=O)O)CC1)=Nc1cc(F)ccc1O2. The summed E-state index contributed by atoms with van der Waals surface area (Å²) < 4.78 is 57.4. The number of phenols is 1. The van der Waals surface area contributed by atoms with Crippen molar-refractivity contribution >= 4 is 70.0 Å². The number of aliphatic carboxylic acids is 4. The number of carbonyl (C=O) groups is 4. The Hall–Kier alpha value is -12.0. The van der Waals surface area contributed by atoms with E-state index in [2.05, 4.69) is 39.2 Å². The first-order chi connectivity index (χ1) is 56.8. The number of amidine groups is 4. The highest BCUT2D eigenvalue weighted by atomic mass is 19.1. The van der Waals surface area contributed by atoms with Gasteiger partial charge in [-0.1, -0.05) is 48.0 Å². The molecule has 0 amide bonds. The molecular weight excluding hydrogens is 1520 g/mol. The number of rotatable bonds is 14. The molecule has 0 aliphatic carbocycles. The second-order valence-corrected chi connectivity index (χ2v) is 33.5.